The number of ether oxygens (including phenoxy) is 2. The Bertz CT molecular complexity index is 900. The molecule has 0 bridgehead atoms. The Hall–Kier alpha value is -1.32. The second-order valence-electron chi connectivity index (χ2n) is 12.9. The van der Waals surface area contributed by atoms with Gasteiger partial charge >= 0.3 is 5.97 Å². The summed E-state index contributed by atoms with van der Waals surface area (Å²) in [4.78, 5) is 29.2. The van der Waals surface area contributed by atoms with Crippen molar-refractivity contribution < 1.29 is 34.4 Å². The Morgan fingerprint density at radius 3 is 2.42 bits per heavy atom. The normalized spacial score (nSPS) is 46.9. The van der Waals surface area contributed by atoms with Crippen LogP contribution in [0.15, 0.2) is 12.7 Å². The van der Waals surface area contributed by atoms with E-state index in [1.165, 1.54) is 19.4 Å². The molecule has 36 heavy (non-hydrogen) atoms. The highest BCUT2D eigenvalue weighted by atomic mass is 16.6. The zero-order chi connectivity index (χ0) is 26.7. The van der Waals surface area contributed by atoms with Gasteiger partial charge in [0.15, 0.2) is 11.4 Å². The highest BCUT2D eigenvalue weighted by Crippen LogP contribution is 2.67. The minimum atomic E-state index is -2.19. The van der Waals surface area contributed by atoms with Crippen LogP contribution in [0.2, 0.25) is 0 Å². The average molecular weight is 508 g/mol. The highest BCUT2D eigenvalue weighted by molar-refractivity contribution is 5.92. The van der Waals surface area contributed by atoms with Crippen LogP contribution in [0.4, 0.5) is 0 Å². The molecular formula is C28H45NO7. The number of aliphatic hydroxyl groups is 3. The van der Waals surface area contributed by atoms with Gasteiger partial charge in [-0.05, 0) is 58.0 Å². The van der Waals surface area contributed by atoms with Crippen LogP contribution in [-0.4, -0.2) is 86.7 Å². The highest BCUT2D eigenvalue weighted by Gasteiger charge is 2.81. The zero-order valence-corrected chi connectivity index (χ0v) is 22.6. The maximum atomic E-state index is 13.8. The fourth-order valence-electron chi connectivity index (χ4n) is 8.05. The Morgan fingerprint density at radius 2 is 1.81 bits per heavy atom. The Kier molecular flexibility index (Phi) is 7.05. The van der Waals surface area contributed by atoms with Crippen molar-refractivity contribution in [2.45, 2.75) is 115 Å². The first kappa shape index (κ1) is 27.7. The molecule has 4 aliphatic rings. The number of hydrogen-bond acceptors (Lipinski definition) is 8. The molecule has 8 nitrogen and oxygen atoms in total. The number of aliphatic hydroxyl groups excluding tert-OH is 2. The van der Waals surface area contributed by atoms with Gasteiger partial charge in [0.2, 0.25) is 0 Å². The number of esters is 1. The maximum absolute atomic E-state index is 13.8. The number of rotatable bonds is 5. The minimum absolute atomic E-state index is 0.134. The topological polar surface area (TPSA) is 117 Å². The van der Waals surface area contributed by atoms with Crippen LogP contribution in [0.3, 0.4) is 0 Å². The van der Waals surface area contributed by atoms with Crippen molar-refractivity contribution in [2.24, 2.45) is 16.7 Å². The molecule has 2 saturated heterocycles. The fourth-order valence-corrected chi connectivity index (χ4v) is 8.05. The number of hydrogen-bond donors (Lipinski definition) is 3. The average Bonchev–Trinajstić information content (AvgIpc) is 2.82. The Balaban J connectivity index is 1.74. The number of piperidine rings is 1. The number of likely N-dealkylation sites (tertiary alicyclic amines) is 1. The predicted molar refractivity (Wildman–Crippen MR) is 134 cm³/mol. The first-order chi connectivity index (χ1) is 16.7. The van der Waals surface area contributed by atoms with Crippen molar-refractivity contribution >= 4 is 11.8 Å². The van der Waals surface area contributed by atoms with Crippen LogP contribution in [0.25, 0.3) is 0 Å². The third-order valence-electron chi connectivity index (χ3n) is 10.1. The van der Waals surface area contributed by atoms with Crippen molar-refractivity contribution in [1.82, 2.24) is 4.90 Å². The van der Waals surface area contributed by atoms with Gasteiger partial charge in [-0.25, -0.2) is 0 Å². The number of carbonyl (C=O) groups is 2. The standard InChI is InChI=1S/C28H45NO7/c1-7-25(4)17-19(31)28(34)26(5)18(30)11-13-24(2,3)22(26)21(23(33)27(28,6)36-25)35-20(32)12-16-29-14-9-8-10-15-29/h7,18,21-23,30,33-34H,1,8-17H2,2-6H3/t18-,21-,22-,23-,25+,26-,27+,28-/m1/s1. The second-order valence-corrected chi connectivity index (χ2v) is 12.9. The SMILES string of the molecule is C=C[C@@]1(C)CC(=O)[C@@]2(O)[C@]3(C)[C@H](O)CCC(C)(C)[C@H]3[C@@H](OC(=O)CCN3CCCCC3)[C@@H](O)[C@]2(C)O1. The van der Waals surface area contributed by atoms with Crippen LogP contribution in [0.5, 0.6) is 0 Å². The van der Waals surface area contributed by atoms with Gasteiger partial charge in [0, 0.05) is 24.3 Å². The van der Waals surface area contributed by atoms with Gasteiger partial charge in [-0.2, -0.15) is 0 Å². The minimum Gasteiger partial charge on any atom is -0.459 e. The smallest absolute Gasteiger partial charge is 0.307 e. The summed E-state index contributed by atoms with van der Waals surface area (Å²) in [5.74, 6) is -1.62. The number of nitrogens with zero attached hydrogens (tertiary/aromatic N) is 1. The number of ketones is 1. The van der Waals surface area contributed by atoms with E-state index >= 15 is 0 Å². The van der Waals surface area contributed by atoms with Crippen molar-refractivity contribution in [2.75, 3.05) is 19.6 Å². The quantitative estimate of drug-likeness (QED) is 0.384. The van der Waals surface area contributed by atoms with E-state index in [0.29, 0.717) is 19.4 Å². The molecule has 2 aliphatic heterocycles. The number of Topliss-reactive ketones (excluding diaryl/α,β-unsaturated/α-hetero) is 1. The molecule has 0 amide bonds. The van der Waals surface area contributed by atoms with E-state index in [1.807, 2.05) is 13.8 Å². The molecule has 4 fully saturated rings. The van der Waals surface area contributed by atoms with Crippen LogP contribution in [0, 0.1) is 16.7 Å². The molecule has 2 heterocycles. The molecule has 0 aromatic rings. The van der Waals surface area contributed by atoms with Crippen LogP contribution < -0.4 is 0 Å². The van der Waals surface area contributed by atoms with E-state index < -0.39 is 63.6 Å². The Morgan fingerprint density at radius 1 is 1.17 bits per heavy atom. The fraction of sp³-hybridized carbons (Fsp3) is 0.857. The summed E-state index contributed by atoms with van der Waals surface area (Å²) in [5.41, 5.74) is -7.10. The molecule has 0 spiro atoms. The van der Waals surface area contributed by atoms with Crippen LogP contribution in [0.1, 0.15) is 79.6 Å². The Labute approximate surface area is 215 Å². The first-order valence-electron chi connectivity index (χ1n) is 13.5. The van der Waals surface area contributed by atoms with E-state index in [-0.39, 0.29) is 12.8 Å². The molecule has 204 valence electrons. The lowest BCUT2D eigenvalue weighted by molar-refractivity contribution is -0.370. The summed E-state index contributed by atoms with van der Waals surface area (Å²) in [6.45, 7) is 15.1. The van der Waals surface area contributed by atoms with E-state index in [9.17, 15) is 24.9 Å². The van der Waals surface area contributed by atoms with E-state index in [1.54, 1.807) is 13.8 Å². The molecule has 8 heteroatoms. The molecule has 3 N–H and O–H groups in total. The van der Waals surface area contributed by atoms with Crippen LogP contribution in [-0.2, 0) is 19.1 Å². The van der Waals surface area contributed by atoms with Crippen molar-refractivity contribution in [3.05, 3.63) is 12.7 Å². The molecule has 0 radical (unpaired) electrons. The third-order valence-corrected chi connectivity index (χ3v) is 10.1. The van der Waals surface area contributed by atoms with Gasteiger partial charge in [0.25, 0.3) is 0 Å². The molecule has 8 atom stereocenters. The van der Waals surface area contributed by atoms with E-state index in [0.717, 1.165) is 25.9 Å². The zero-order valence-electron chi connectivity index (χ0n) is 22.6. The lowest BCUT2D eigenvalue weighted by Crippen LogP contribution is -2.86. The number of carbonyl (C=O) groups excluding carboxylic acids is 2. The summed E-state index contributed by atoms with van der Waals surface area (Å²) in [6, 6.07) is 0. The van der Waals surface area contributed by atoms with Crippen molar-refractivity contribution in [3.63, 3.8) is 0 Å². The monoisotopic (exact) mass is 507 g/mol. The second kappa shape index (κ2) is 9.16. The predicted octanol–water partition coefficient (Wildman–Crippen LogP) is 2.38. The molecule has 0 aromatic carbocycles. The first-order valence-corrected chi connectivity index (χ1v) is 13.5. The summed E-state index contributed by atoms with van der Waals surface area (Å²) in [6.07, 6.45) is 2.33. The van der Waals surface area contributed by atoms with Gasteiger partial charge in [0.05, 0.1) is 18.1 Å². The summed E-state index contributed by atoms with van der Waals surface area (Å²) in [7, 11) is 0. The van der Waals surface area contributed by atoms with Gasteiger partial charge in [0.1, 0.15) is 17.8 Å². The molecule has 0 aromatic heterocycles. The summed E-state index contributed by atoms with van der Waals surface area (Å²) >= 11 is 0. The van der Waals surface area contributed by atoms with Crippen molar-refractivity contribution in [1.29, 1.82) is 0 Å². The third kappa shape index (κ3) is 3.90. The molecule has 4 rings (SSSR count). The molecule has 0 unspecified atom stereocenters. The number of fused-ring (bicyclic) bond motifs is 3. The van der Waals surface area contributed by atoms with Crippen molar-refractivity contribution in [3.8, 4) is 0 Å². The lowest BCUT2D eigenvalue weighted by Gasteiger charge is -2.71. The molecular weight excluding hydrogens is 462 g/mol. The van der Waals surface area contributed by atoms with Gasteiger partial charge in [-0.1, -0.05) is 33.3 Å². The largest absolute Gasteiger partial charge is 0.459 e. The summed E-state index contributed by atoms with van der Waals surface area (Å²) in [5, 5.41) is 35.6. The van der Waals surface area contributed by atoms with Gasteiger partial charge < -0.3 is 29.7 Å². The lowest BCUT2D eigenvalue weighted by atomic mass is 9.40. The van der Waals surface area contributed by atoms with E-state index in [2.05, 4.69) is 11.5 Å². The van der Waals surface area contributed by atoms with Gasteiger partial charge in [-0.3, -0.25) is 9.59 Å². The van der Waals surface area contributed by atoms with E-state index in [4.69, 9.17) is 9.47 Å². The summed E-state index contributed by atoms with van der Waals surface area (Å²) < 4.78 is 12.4. The van der Waals surface area contributed by atoms with Gasteiger partial charge in [-0.15, -0.1) is 6.58 Å². The molecule has 2 aliphatic carbocycles. The maximum Gasteiger partial charge on any atom is 0.307 e. The van der Waals surface area contributed by atoms with Crippen LogP contribution >= 0.6 is 0 Å². The molecule has 2 saturated carbocycles.